The number of nitrogens with zero attached hydrogens (tertiary/aromatic N) is 3. The van der Waals surface area contributed by atoms with Crippen LogP contribution in [0.25, 0.3) is 33.1 Å². The van der Waals surface area contributed by atoms with E-state index in [0.29, 0.717) is 11.3 Å². The Kier molecular flexibility index (Phi) is 8.51. The van der Waals surface area contributed by atoms with E-state index in [2.05, 4.69) is 45.3 Å². The van der Waals surface area contributed by atoms with Crippen LogP contribution >= 0.6 is 7.81 Å². The summed E-state index contributed by atoms with van der Waals surface area (Å²) in [4.78, 5) is 12.7. The van der Waals surface area contributed by atoms with Crippen LogP contribution in [-0.4, -0.2) is 15.0 Å². The van der Waals surface area contributed by atoms with Crippen molar-refractivity contribution < 1.29 is 54.1 Å². The molecular formula is C23H14F8IrN3P-2. The van der Waals surface area contributed by atoms with Gasteiger partial charge < -0.3 is 4.98 Å². The Bertz CT molecular complexity index is 1380. The fraction of sp³-hybridized carbons (Fsp3) is 0. The summed E-state index contributed by atoms with van der Waals surface area (Å²) in [6, 6.07) is 21.7. The molecule has 193 valence electrons. The van der Waals surface area contributed by atoms with Crippen LogP contribution in [0.5, 0.6) is 0 Å². The predicted molar refractivity (Wildman–Crippen MR) is 119 cm³/mol. The molecule has 2 aromatic carbocycles. The van der Waals surface area contributed by atoms with Crippen molar-refractivity contribution in [2.75, 3.05) is 0 Å². The maximum Gasteiger partial charge on any atom is 0.0964 e. The van der Waals surface area contributed by atoms with Gasteiger partial charge in [-0.1, -0.05) is 42.5 Å². The first-order valence-electron chi connectivity index (χ1n) is 9.60. The van der Waals surface area contributed by atoms with Crippen molar-refractivity contribution in [2.45, 2.75) is 0 Å². The molecule has 0 spiro atoms. The van der Waals surface area contributed by atoms with E-state index in [1.165, 1.54) is 6.07 Å². The van der Waals surface area contributed by atoms with Gasteiger partial charge >= 0.3 is 33.0 Å². The Hall–Kier alpha value is -3.07. The maximum absolute atomic E-state index is 12.8. The summed E-state index contributed by atoms with van der Waals surface area (Å²) in [5, 5.41) is 2.28. The van der Waals surface area contributed by atoms with Crippen LogP contribution in [0.15, 0.2) is 85.3 Å². The molecule has 0 bridgehead atoms. The van der Waals surface area contributed by atoms with Crippen LogP contribution in [-0.2, 0) is 20.1 Å². The molecule has 0 saturated heterocycles. The van der Waals surface area contributed by atoms with Crippen molar-refractivity contribution >= 4 is 29.6 Å². The van der Waals surface area contributed by atoms with E-state index in [9.17, 15) is 34.0 Å². The third-order valence-electron chi connectivity index (χ3n) is 4.09. The Morgan fingerprint density at radius 1 is 0.611 bits per heavy atom. The largest absolute Gasteiger partial charge is 0.305 e. The molecule has 3 aromatic heterocycles. The second-order valence-electron chi connectivity index (χ2n) is 6.95. The number of aromatic nitrogens is 3. The van der Waals surface area contributed by atoms with Gasteiger partial charge in [-0.2, -0.15) is 0 Å². The summed E-state index contributed by atoms with van der Waals surface area (Å²) in [5.74, 6) is -1.34. The van der Waals surface area contributed by atoms with Gasteiger partial charge in [0, 0.05) is 61.1 Å². The average molecular weight is 708 g/mol. The Morgan fingerprint density at radius 2 is 1.11 bits per heavy atom. The van der Waals surface area contributed by atoms with Crippen molar-refractivity contribution in [2.24, 2.45) is 0 Å². The van der Waals surface area contributed by atoms with Gasteiger partial charge in [-0.15, -0.1) is 17.7 Å². The van der Waals surface area contributed by atoms with Gasteiger partial charge in [-0.05, 0) is 23.9 Å². The predicted octanol–water partition coefficient (Wildman–Crippen LogP) is 8.99. The fourth-order valence-electron chi connectivity index (χ4n) is 2.84. The SMILES string of the molecule is F[P-](F)(F)(F)(F)F.Fc1[c-]c(-c2ccccn2)cc(F)c1.[Ir].c1cnc2c(c1)ccc1cccnc12. The summed E-state index contributed by atoms with van der Waals surface area (Å²) in [6.45, 7) is 0. The summed E-state index contributed by atoms with van der Waals surface area (Å²) >= 11 is 0. The third-order valence-corrected chi connectivity index (χ3v) is 4.09. The van der Waals surface area contributed by atoms with Crippen molar-refractivity contribution in [1.29, 1.82) is 0 Å². The van der Waals surface area contributed by atoms with Gasteiger partial charge in [-0.3, -0.25) is 9.97 Å². The minimum Gasteiger partial charge on any atom is -0.305 e. The quantitative estimate of drug-likeness (QED) is 0.0756. The molecule has 0 N–H and O–H groups in total. The van der Waals surface area contributed by atoms with Crippen molar-refractivity contribution in [3.05, 3.63) is 103 Å². The zero-order valence-electron chi connectivity index (χ0n) is 17.7. The van der Waals surface area contributed by atoms with Gasteiger partial charge in [0.15, 0.2) is 0 Å². The number of halogens is 8. The first-order chi connectivity index (χ1) is 16.2. The third kappa shape index (κ3) is 10.3. The number of pyridine rings is 3. The molecule has 0 amide bonds. The Balaban J connectivity index is 0.000000199. The summed E-state index contributed by atoms with van der Waals surface area (Å²) in [7, 11) is -10.7. The van der Waals surface area contributed by atoms with E-state index in [1.807, 2.05) is 12.1 Å². The smallest absolute Gasteiger partial charge is 0.0964 e. The number of fused-ring (bicyclic) bond motifs is 3. The van der Waals surface area contributed by atoms with Crippen molar-refractivity contribution in [1.82, 2.24) is 15.0 Å². The molecule has 5 rings (SSSR count). The second kappa shape index (κ2) is 10.5. The molecule has 1 radical (unpaired) electrons. The van der Waals surface area contributed by atoms with Gasteiger partial charge in [0.1, 0.15) is 0 Å². The monoisotopic (exact) mass is 708 g/mol. The van der Waals surface area contributed by atoms with E-state index < -0.39 is 19.4 Å². The second-order valence-corrected chi connectivity index (χ2v) is 8.87. The van der Waals surface area contributed by atoms with E-state index in [1.54, 1.807) is 36.8 Å². The van der Waals surface area contributed by atoms with E-state index >= 15 is 0 Å². The Morgan fingerprint density at radius 3 is 1.56 bits per heavy atom. The Labute approximate surface area is 212 Å². The minimum absolute atomic E-state index is 0. The molecule has 0 aliphatic rings. The molecule has 0 aliphatic carbocycles. The molecule has 0 fully saturated rings. The molecule has 13 heteroatoms. The average Bonchev–Trinajstić information content (AvgIpc) is 2.77. The van der Waals surface area contributed by atoms with Gasteiger partial charge in [0.05, 0.1) is 11.0 Å². The first kappa shape index (κ1) is 29.2. The normalized spacial score (nSPS) is 12.7. The number of benzene rings is 2. The zero-order chi connectivity index (χ0) is 25.8. The molecule has 0 aliphatic heterocycles. The van der Waals surface area contributed by atoms with Crippen LogP contribution in [0.3, 0.4) is 0 Å². The zero-order valence-corrected chi connectivity index (χ0v) is 21.0. The van der Waals surface area contributed by atoms with Gasteiger partial charge in [0.2, 0.25) is 0 Å². The van der Waals surface area contributed by atoms with Crippen LogP contribution in [0.1, 0.15) is 0 Å². The van der Waals surface area contributed by atoms with Crippen LogP contribution in [0.4, 0.5) is 34.0 Å². The van der Waals surface area contributed by atoms with Crippen molar-refractivity contribution in [3.63, 3.8) is 0 Å². The van der Waals surface area contributed by atoms with Crippen LogP contribution in [0, 0.1) is 17.7 Å². The minimum atomic E-state index is -10.7. The number of hydrogen-bond donors (Lipinski definition) is 0. The number of rotatable bonds is 1. The summed E-state index contributed by atoms with van der Waals surface area (Å²) in [6.07, 6.45) is 5.17. The van der Waals surface area contributed by atoms with E-state index in [-0.39, 0.29) is 20.1 Å². The molecule has 36 heavy (non-hydrogen) atoms. The summed E-state index contributed by atoms with van der Waals surface area (Å²) in [5.41, 5.74) is 2.78. The topological polar surface area (TPSA) is 38.7 Å². The van der Waals surface area contributed by atoms with Crippen LogP contribution < -0.4 is 0 Å². The van der Waals surface area contributed by atoms with Gasteiger partial charge in [-0.25, -0.2) is 8.78 Å². The molecule has 0 saturated carbocycles. The summed E-state index contributed by atoms with van der Waals surface area (Å²) < 4.78 is 84.8. The van der Waals surface area contributed by atoms with Crippen molar-refractivity contribution in [3.8, 4) is 11.3 Å². The molecule has 5 aromatic rings. The molecule has 3 heterocycles. The van der Waals surface area contributed by atoms with E-state index in [0.717, 1.165) is 27.9 Å². The molecule has 0 unspecified atom stereocenters. The molecule has 0 atom stereocenters. The standard InChI is InChI=1S/C12H8N2.C11H6F2N.F6P.Ir/c1-3-9-5-6-10-4-2-8-14-12(10)11(9)13-7-1;12-9-5-8(6-10(13)7-9)11-3-1-2-4-14-11;1-7(2,3,4,5)6;/h1-8H;1-5,7H;;/q;2*-1;. The molecule has 3 nitrogen and oxygen atoms in total. The fourth-order valence-corrected chi connectivity index (χ4v) is 2.84. The maximum atomic E-state index is 12.8. The van der Waals surface area contributed by atoms with E-state index in [4.69, 9.17) is 0 Å². The van der Waals surface area contributed by atoms with Crippen LogP contribution in [0.2, 0.25) is 0 Å². The first-order valence-corrected chi connectivity index (χ1v) is 11.6. The number of hydrogen-bond acceptors (Lipinski definition) is 3. The van der Waals surface area contributed by atoms with Gasteiger partial charge in [0.25, 0.3) is 0 Å². The molecular weight excluding hydrogens is 693 g/mol.